The van der Waals surface area contributed by atoms with Crippen molar-refractivity contribution in [2.24, 2.45) is 5.41 Å². The second kappa shape index (κ2) is 14.1. The maximum atomic E-state index is 6.20. The van der Waals surface area contributed by atoms with E-state index in [1.165, 1.54) is 32.1 Å². The molecule has 0 radical (unpaired) electrons. The monoisotopic (exact) mass is 401 g/mol. The molecule has 0 aliphatic carbocycles. The topological polar surface area (TPSA) is 19.0 Å². The first-order valence-corrected chi connectivity index (χ1v) is 13.1. The molecule has 0 amide bonds. The standard InChI is InChI=1S/C22H51N3OSi/c1-10-23(11-2)18-22(19-24(12-3)13-4,20-25(14-5)15-6)16-17-27-26-21(7,8)9/h10-20,27H2,1-9H3. The Bertz CT molecular complexity index is 312. The van der Waals surface area contributed by atoms with Crippen molar-refractivity contribution < 1.29 is 4.43 Å². The minimum atomic E-state index is -0.468. The van der Waals surface area contributed by atoms with Gasteiger partial charge in [-0.15, -0.1) is 0 Å². The minimum Gasteiger partial charge on any atom is -0.419 e. The molecule has 0 aromatic heterocycles. The molecule has 0 N–H and O–H groups in total. The smallest absolute Gasteiger partial charge is 0.162 e. The van der Waals surface area contributed by atoms with Crippen LogP contribution in [0.4, 0.5) is 0 Å². The molecule has 0 aliphatic heterocycles. The average molecular weight is 402 g/mol. The fraction of sp³-hybridized carbons (Fsp3) is 1.00. The van der Waals surface area contributed by atoms with Gasteiger partial charge < -0.3 is 19.1 Å². The van der Waals surface area contributed by atoms with Gasteiger partial charge in [0.1, 0.15) is 0 Å². The molecule has 0 atom stereocenters. The molecule has 0 aromatic rings. The molecule has 164 valence electrons. The highest BCUT2D eigenvalue weighted by Crippen LogP contribution is 2.29. The first kappa shape index (κ1) is 27.1. The molecule has 0 rings (SSSR count). The maximum Gasteiger partial charge on any atom is 0.162 e. The maximum absolute atomic E-state index is 6.20. The van der Waals surface area contributed by atoms with Crippen molar-refractivity contribution in [3.8, 4) is 0 Å². The molecule has 0 heterocycles. The number of hydrogen-bond acceptors (Lipinski definition) is 4. The molecule has 0 unspecified atom stereocenters. The second-order valence-corrected chi connectivity index (χ2v) is 10.4. The van der Waals surface area contributed by atoms with E-state index in [-0.39, 0.29) is 5.60 Å². The Hall–Kier alpha value is 0.0569. The Morgan fingerprint density at radius 1 is 0.630 bits per heavy atom. The van der Waals surface area contributed by atoms with Crippen LogP contribution in [0.25, 0.3) is 0 Å². The Morgan fingerprint density at radius 3 is 1.22 bits per heavy atom. The van der Waals surface area contributed by atoms with Crippen molar-refractivity contribution in [2.45, 2.75) is 80.4 Å². The van der Waals surface area contributed by atoms with Gasteiger partial charge >= 0.3 is 0 Å². The lowest BCUT2D eigenvalue weighted by Crippen LogP contribution is -2.52. The highest BCUT2D eigenvalue weighted by atomic mass is 28.2. The van der Waals surface area contributed by atoms with Gasteiger partial charge in [-0.3, -0.25) is 0 Å². The van der Waals surface area contributed by atoms with E-state index in [0.717, 1.165) is 39.3 Å². The van der Waals surface area contributed by atoms with Crippen LogP contribution in [0.2, 0.25) is 6.04 Å². The van der Waals surface area contributed by atoms with Crippen molar-refractivity contribution in [3.63, 3.8) is 0 Å². The molecule has 0 aromatic carbocycles. The van der Waals surface area contributed by atoms with E-state index in [1.54, 1.807) is 0 Å². The van der Waals surface area contributed by atoms with Crippen molar-refractivity contribution in [1.29, 1.82) is 0 Å². The van der Waals surface area contributed by atoms with Crippen molar-refractivity contribution >= 4 is 9.76 Å². The molecule has 0 aliphatic rings. The fourth-order valence-electron chi connectivity index (χ4n) is 3.98. The van der Waals surface area contributed by atoms with Crippen molar-refractivity contribution in [2.75, 3.05) is 58.9 Å². The molecular weight excluding hydrogens is 350 g/mol. The molecule has 0 bridgehead atoms. The third kappa shape index (κ3) is 11.6. The van der Waals surface area contributed by atoms with Gasteiger partial charge in [-0.25, -0.2) is 0 Å². The van der Waals surface area contributed by atoms with Crippen LogP contribution in [-0.2, 0) is 4.43 Å². The van der Waals surface area contributed by atoms with Crippen LogP contribution < -0.4 is 0 Å². The summed E-state index contributed by atoms with van der Waals surface area (Å²) >= 11 is 0. The summed E-state index contributed by atoms with van der Waals surface area (Å²) in [4.78, 5) is 7.91. The number of nitrogens with zero attached hydrogens (tertiary/aromatic N) is 3. The summed E-state index contributed by atoms with van der Waals surface area (Å²) in [5, 5.41) is 0. The lowest BCUT2D eigenvalue weighted by atomic mass is 9.82. The van der Waals surface area contributed by atoms with Crippen LogP contribution >= 0.6 is 0 Å². The zero-order chi connectivity index (χ0) is 20.9. The summed E-state index contributed by atoms with van der Waals surface area (Å²) < 4.78 is 6.20. The zero-order valence-electron chi connectivity index (χ0n) is 20.2. The van der Waals surface area contributed by atoms with Gasteiger partial charge in [-0.1, -0.05) is 41.5 Å². The summed E-state index contributed by atoms with van der Waals surface area (Å²) in [6.07, 6.45) is 1.29. The fourth-order valence-corrected chi connectivity index (χ4v) is 5.63. The molecule has 0 fully saturated rings. The van der Waals surface area contributed by atoms with Crippen molar-refractivity contribution in [3.05, 3.63) is 0 Å². The predicted molar refractivity (Wildman–Crippen MR) is 125 cm³/mol. The van der Waals surface area contributed by atoms with Crippen LogP contribution in [0.5, 0.6) is 0 Å². The zero-order valence-corrected chi connectivity index (χ0v) is 21.6. The van der Waals surface area contributed by atoms with Crippen LogP contribution in [0.3, 0.4) is 0 Å². The Balaban J connectivity index is 5.45. The average Bonchev–Trinajstić information content (AvgIpc) is 2.64. The first-order chi connectivity index (χ1) is 12.7. The highest BCUT2D eigenvalue weighted by Gasteiger charge is 2.34. The van der Waals surface area contributed by atoms with Crippen molar-refractivity contribution in [1.82, 2.24) is 14.7 Å². The van der Waals surface area contributed by atoms with E-state index in [9.17, 15) is 0 Å². The third-order valence-electron chi connectivity index (χ3n) is 5.75. The van der Waals surface area contributed by atoms with E-state index in [4.69, 9.17) is 4.43 Å². The summed E-state index contributed by atoms with van der Waals surface area (Å²) in [7, 11) is -0.468. The molecule has 0 saturated heterocycles. The molecule has 0 spiro atoms. The van der Waals surface area contributed by atoms with E-state index in [0.29, 0.717) is 5.41 Å². The SMILES string of the molecule is CCN(CC)CC(CC[SiH2]OC(C)(C)C)(CN(CC)CC)CN(CC)CC. The van der Waals surface area contributed by atoms with Gasteiger partial charge in [0, 0.05) is 30.7 Å². The Kier molecular flexibility index (Phi) is 14.1. The van der Waals surface area contributed by atoms with Gasteiger partial charge in [0.05, 0.1) is 0 Å². The Labute approximate surface area is 173 Å². The van der Waals surface area contributed by atoms with Crippen LogP contribution in [0, 0.1) is 5.41 Å². The Morgan fingerprint density at radius 2 is 0.963 bits per heavy atom. The molecule has 5 heteroatoms. The van der Waals surface area contributed by atoms with Gasteiger partial charge in [0.2, 0.25) is 0 Å². The van der Waals surface area contributed by atoms with Gasteiger partial charge in [0.25, 0.3) is 0 Å². The van der Waals surface area contributed by atoms with Gasteiger partial charge in [0.15, 0.2) is 9.76 Å². The van der Waals surface area contributed by atoms with E-state index in [1.807, 2.05) is 0 Å². The van der Waals surface area contributed by atoms with Gasteiger partial charge in [-0.2, -0.15) is 0 Å². The van der Waals surface area contributed by atoms with Crippen LogP contribution in [0.1, 0.15) is 68.7 Å². The largest absolute Gasteiger partial charge is 0.419 e. The van der Waals surface area contributed by atoms with E-state index < -0.39 is 9.76 Å². The summed E-state index contributed by atoms with van der Waals surface area (Å²) in [6.45, 7) is 30.9. The summed E-state index contributed by atoms with van der Waals surface area (Å²) in [5.74, 6) is 0. The summed E-state index contributed by atoms with van der Waals surface area (Å²) in [6, 6.07) is 1.28. The lowest BCUT2D eigenvalue weighted by molar-refractivity contribution is 0.0573. The van der Waals surface area contributed by atoms with E-state index >= 15 is 0 Å². The quantitative estimate of drug-likeness (QED) is 0.290. The van der Waals surface area contributed by atoms with Crippen LogP contribution in [0.15, 0.2) is 0 Å². The number of hydrogen-bond donors (Lipinski definition) is 0. The lowest BCUT2D eigenvalue weighted by Gasteiger charge is -2.44. The first-order valence-electron chi connectivity index (χ1n) is 11.5. The molecular formula is C22H51N3OSi. The van der Waals surface area contributed by atoms with Crippen LogP contribution in [-0.4, -0.2) is 89.0 Å². The van der Waals surface area contributed by atoms with Gasteiger partial charge in [-0.05, 0) is 72.5 Å². The summed E-state index contributed by atoms with van der Waals surface area (Å²) in [5.41, 5.74) is 0.351. The molecule has 27 heavy (non-hydrogen) atoms. The number of rotatable bonds is 16. The normalized spacial score (nSPS) is 13.8. The highest BCUT2D eigenvalue weighted by molar-refractivity contribution is 6.27. The molecule has 0 saturated carbocycles. The third-order valence-corrected chi connectivity index (χ3v) is 7.46. The van der Waals surface area contributed by atoms with E-state index in [2.05, 4.69) is 77.0 Å². The predicted octanol–water partition coefficient (Wildman–Crippen LogP) is 3.71. The second-order valence-electron chi connectivity index (χ2n) is 8.95. The molecule has 4 nitrogen and oxygen atoms in total. The minimum absolute atomic E-state index is 0.0193.